The summed E-state index contributed by atoms with van der Waals surface area (Å²) in [7, 11) is 0. The van der Waals surface area contributed by atoms with Gasteiger partial charge in [-0.25, -0.2) is 4.68 Å². The molecule has 0 saturated carbocycles. The lowest BCUT2D eigenvalue weighted by Crippen LogP contribution is -2.31. The van der Waals surface area contributed by atoms with E-state index >= 15 is 0 Å². The first-order chi connectivity index (χ1) is 12.3. The third-order valence-corrected chi connectivity index (χ3v) is 4.36. The van der Waals surface area contributed by atoms with E-state index in [0.717, 1.165) is 22.7 Å². The highest BCUT2D eigenvalue weighted by Crippen LogP contribution is 2.33. The highest BCUT2D eigenvalue weighted by molar-refractivity contribution is 5.85. The number of nitrogens with zero attached hydrogens (tertiary/aromatic N) is 2. The van der Waals surface area contributed by atoms with E-state index in [4.69, 9.17) is 4.74 Å². The van der Waals surface area contributed by atoms with Crippen LogP contribution in [-0.2, 0) is 11.2 Å². The lowest BCUT2D eigenvalue weighted by molar-refractivity contribution is -0.122. The number of aromatic nitrogens is 2. The molecule has 5 nitrogen and oxygen atoms in total. The second-order valence-corrected chi connectivity index (χ2v) is 6.03. The van der Waals surface area contributed by atoms with Crippen LogP contribution in [0.5, 0.6) is 5.75 Å². The molecule has 0 saturated heterocycles. The van der Waals surface area contributed by atoms with Crippen LogP contribution in [0.4, 0.5) is 0 Å². The van der Waals surface area contributed by atoms with Crippen molar-refractivity contribution in [3.05, 3.63) is 78.1 Å². The molecule has 0 unspecified atom stereocenters. The summed E-state index contributed by atoms with van der Waals surface area (Å²) in [6.07, 6.45) is 2.63. The van der Waals surface area contributed by atoms with Crippen LogP contribution in [0.3, 0.4) is 0 Å². The summed E-state index contributed by atoms with van der Waals surface area (Å²) in [6, 6.07) is 19.7. The monoisotopic (exact) mass is 333 g/mol. The van der Waals surface area contributed by atoms with Gasteiger partial charge in [-0.2, -0.15) is 5.10 Å². The van der Waals surface area contributed by atoms with E-state index < -0.39 is 0 Å². The van der Waals surface area contributed by atoms with E-state index in [0.29, 0.717) is 19.6 Å². The molecular weight excluding hydrogens is 314 g/mol. The van der Waals surface area contributed by atoms with Gasteiger partial charge in [-0.1, -0.05) is 36.4 Å². The van der Waals surface area contributed by atoms with Gasteiger partial charge < -0.3 is 10.1 Å². The number of hydrogen-bond donors (Lipinski definition) is 1. The minimum absolute atomic E-state index is 0.00689. The third-order valence-electron chi connectivity index (χ3n) is 4.36. The molecule has 126 valence electrons. The molecular formula is C20H19N3O2. The highest BCUT2D eigenvalue weighted by Gasteiger charge is 2.29. The van der Waals surface area contributed by atoms with Gasteiger partial charge in [-0.05, 0) is 24.3 Å². The maximum Gasteiger partial charge on any atom is 0.231 e. The normalized spacial score (nSPS) is 15.4. The molecule has 2 heterocycles. The minimum atomic E-state index is -0.224. The van der Waals surface area contributed by atoms with E-state index in [1.54, 1.807) is 0 Å². The number of para-hydroxylation sites is 2. The Hall–Kier alpha value is -3.08. The fraction of sp³-hybridized carbons (Fsp3) is 0.200. The number of hydrogen-bond acceptors (Lipinski definition) is 3. The number of ether oxygens (including phenoxy) is 1. The molecule has 1 atom stereocenters. The molecule has 3 aromatic rings. The fourth-order valence-corrected chi connectivity index (χ4v) is 3.04. The summed E-state index contributed by atoms with van der Waals surface area (Å²) in [5.41, 5.74) is 2.94. The number of carbonyl (C=O) groups excluding carboxylic acids is 1. The van der Waals surface area contributed by atoms with E-state index in [1.807, 2.05) is 71.5 Å². The summed E-state index contributed by atoms with van der Waals surface area (Å²) in [5, 5.41) is 7.55. The largest absolute Gasteiger partial charge is 0.492 e. The van der Waals surface area contributed by atoms with Gasteiger partial charge in [0, 0.05) is 24.7 Å². The van der Waals surface area contributed by atoms with Crippen LogP contribution < -0.4 is 10.1 Å². The van der Waals surface area contributed by atoms with Crippen molar-refractivity contribution in [1.29, 1.82) is 0 Å². The number of amides is 1. The molecule has 0 fully saturated rings. The standard InChI is InChI=1S/C20H19N3O2/c24-20(18-14-25-19-9-5-4-8-17(18)19)21-12-10-15-11-13-23(22-15)16-6-2-1-3-7-16/h1-9,11,13,18H,10,12,14H2,(H,21,24)/t18-/m0/s1. The van der Waals surface area contributed by atoms with Gasteiger partial charge in [-0.15, -0.1) is 0 Å². The van der Waals surface area contributed by atoms with Gasteiger partial charge in [0.05, 0.1) is 11.4 Å². The number of nitrogens with one attached hydrogen (secondary N) is 1. The first-order valence-electron chi connectivity index (χ1n) is 8.41. The lowest BCUT2D eigenvalue weighted by atomic mass is 10.0. The fourth-order valence-electron chi connectivity index (χ4n) is 3.04. The van der Waals surface area contributed by atoms with Crippen LogP contribution in [0, 0.1) is 0 Å². The number of rotatable bonds is 5. The first kappa shape index (κ1) is 15.4. The zero-order valence-electron chi connectivity index (χ0n) is 13.8. The van der Waals surface area contributed by atoms with E-state index in [9.17, 15) is 4.79 Å². The predicted molar refractivity (Wildman–Crippen MR) is 95.0 cm³/mol. The van der Waals surface area contributed by atoms with Crippen LogP contribution in [-0.4, -0.2) is 28.8 Å². The van der Waals surface area contributed by atoms with Crippen LogP contribution >= 0.6 is 0 Å². The first-order valence-corrected chi connectivity index (χ1v) is 8.41. The quantitative estimate of drug-likeness (QED) is 0.781. The highest BCUT2D eigenvalue weighted by atomic mass is 16.5. The van der Waals surface area contributed by atoms with E-state index in [1.165, 1.54) is 0 Å². The van der Waals surface area contributed by atoms with Crippen molar-refractivity contribution >= 4 is 5.91 Å². The van der Waals surface area contributed by atoms with E-state index in [2.05, 4.69) is 10.4 Å². The second-order valence-electron chi connectivity index (χ2n) is 6.03. The van der Waals surface area contributed by atoms with Gasteiger partial charge in [-0.3, -0.25) is 4.79 Å². The summed E-state index contributed by atoms with van der Waals surface area (Å²) >= 11 is 0. The average molecular weight is 333 g/mol. The Morgan fingerprint density at radius 2 is 1.92 bits per heavy atom. The second kappa shape index (κ2) is 6.81. The van der Waals surface area contributed by atoms with E-state index in [-0.39, 0.29) is 11.8 Å². The number of fused-ring (bicyclic) bond motifs is 1. The van der Waals surface area contributed by atoms with Crippen LogP contribution in [0.25, 0.3) is 5.69 Å². The molecule has 2 aromatic carbocycles. The van der Waals surface area contributed by atoms with Crippen LogP contribution in [0.2, 0.25) is 0 Å². The van der Waals surface area contributed by atoms with Crippen molar-refractivity contribution < 1.29 is 9.53 Å². The summed E-state index contributed by atoms with van der Waals surface area (Å²) < 4.78 is 7.42. The molecule has 1 amide bonds. The minimum Gasteiger partial charge on any atom is -0.492 e. The van der Waals surface area contributed by atoms with Gasteiger partial charge in [0.1, 0.15) is 18.3 Å². The molecule has 25 heavy (non-hydrogen) atoms. The van der Waals surface area contributed by atoms with Gasteiger partial charge >= 0.3 is 0 Å². The Kier molecular flexibility index (Phi) is 4.21. The van der Waals surface area contributed by atoms with Crippen molar-refractivity contribution in [1.82, 2.24) is 15.1 Å². The Morgan fingerprint density at radius 3 is 2.80 bits per heavy atom. The Labute approximate surface area is 146 Å². The van der Waals surface area contributed by atoms with Crippen molar-refractivity contribution in [3.63, 3.8) is 0 Å². The molecule has 1 aromatic heterocycles. The van der Waals surface area contributed by atoms with Crippen LogP contribution in [0.15, 0.2) is 66.9 Å². The zero-order valence-corrected chi connectivity index (χ0v) is 13.8. The lowest BCUT2D eigenvalue weighted by Gasteiger charge is -2.09. The zero-order chi connectivity index (χ0) is 17.1. The Bertz CT molecular complexity index is 873. The van der Waals surface area contributed by atoms with Gasteiger partial charge in [0.25, 0.3) is 0 Å². The molecule has 0 radical (unpaired) electrons. The predicted octanol–water partition coefficient (Wildman–Crippen LogP) is 2.71. The molecule has 1 N–H and O–H groups in total. The summed E-state index contributed by atoms with van der Waals surface area (Å²) in [5.74, 6) is 0.592. The number of carbonyl (C=O) groups is 1. The SMILES string of the molecule is O=C(NCCc1ccn(-c2ccccc2)n1)[C@H]1COc2ccccc21. The van der Waals surface area contributed by atoms with Crippen molar-refractivity contribution in [3.8, 4) is 11.4 Å². The Morgan fingerprint density at radius 1 is 1.12 bits per heavy atom. The molecule has 5 heteroatoms. The van der Waals surface area contributed by atoms with Crippen molar-refractivity contribution in [2.75, 3.05) is 13.2 Å². The molecule has 1 aliphatic heterocycles. The molecule has 0 bridgehead atoms. The topological polar surface area (TPSA) is 56.2 Å². The Balaban J connectivity index is 1.33. The molecule has 4 rings (SSSR count). The van der Waals surface area contributed by atoms with Gasteiger partial charge in [0.15, 0.2) is 0 Å². The average Bonchev–Trinajstić information content (AvgIpc) is 3.29. The van der Waals surface area contributed by atoms with Crippen molar-refractivity contribution in [2.24, 2.45) is 0 Å². The van der Waals surface area contributed by atoms with Crippen molar-refractivity contribution in [2.45, 2.75) is 12.3 Å². The maximum absolute atomic E-state index is 12.4. The summed E-state index contributed by atoms with van der Waals surface area (Å²) in [4.78, 5) is 12.4. The third kappa shape index (κ3) is 3.26. The molecule has 0 spiro atoms. The smallest absolute Gasteiger partial charge is 0.231 e. The maximum atomic E-state index is 12.4. The molecule has 0 aliphatic carbocycles. The van der Waals surface area contributed by atoms with Crippen LogP contribution in [0.1, 0.15) is 17.2 Å². The number of benzene rings is 2. The van der Waals surface area contributed by atoms with Gasteiger partial charge in [0.2, 0.25) is 5.91 Å². The molecule has 1 aliphatic rings. The summed E-state index contributed by atoms with van der Waals surface area (Å²) in [6.45, 7) is 0.969.